The number of rotatable bonds is 10. The average molecular weight is 549 g/mol. The molecule has 0 saturated heterocycles. The first kappa shape index (κ1) is 29.8. The van der Waals surface area contributed by atoms with Crippen molar-refractivity contribution < 1.29 is 8.78 Å². The molecule has 0 aliphatic heterocycles. The van der Waals surface area contributed by atoms with Crippen molar-refractivity contribution in [2.24, 2.45) is 17.8 Å². The van der Waals surface area contributed by atoms with Gasteiger partial charge in [0.05, 0.1) is 0 Å². The highest BCUT2D eigenvalue weighted by atomic mass is 19.1. The number of aryl methyl sites for hydroxylation is 1. The molecule has 2 aromatic carbocycles. The van der Waals surface area contributed by atoms with E-state index in [-0.39, 0.29) is 11.6 Å². The molecule has 3 fully saturated rings. The van der Waals surface area contributed by atoms with Gasteiger partial charge >= 0.3 is 0 Å². The summed E-state index contributed by atoms with van der Waals surface area (Å²) in [6, 6.07) is 12.1. The smallest absolute Gasteiger partial charge is 0.126 e. The third-order valence-electron chi connectivity index (χ3n) is 11.3. The van der Waals surface area contributed by atoms with Crippen LogP contribution in [0.2, 0.25) is 0 Å². The SMILES string of the molecule is CCCCCC1CCC(C2CCC(c3ccc(C4CCC(c5ccc(CCC)c(F)c5)CC4)c(F)c3)CC2)CC1. The summed E-state index contributed by atoms with van der Waals surface area (Å²) >= 11 is 0. The third-order valence-corrected chi connectivity index (χ3v) is 11.3. The fourth-order valence-corrected chi connectivity index (χ4v) is 8.71. The van der Waals surface area contributed by atoms with Crippen LogP contribution in [0, 0.1) is 29.4 Å². The molecule has 0 unspecified atom stereocenters. The molecule has 0 amide bonds. The van der Waals surface area contributed by atoms with Crippen LogP contribution in [-0.4, -0.2) is 0 Å². The molecule has 0 atom stereocenters. The third kappa shape index (κ3) is 7.38. The number of benzene rings is 2. The molecule has 0 spiro atoms. The lowest BCUT2D eigenvalue weighted by Crippen LogP contribution is -2.25. The van der Waals surface area contributed by atoms with Crippen molar-refractivity contribution >= 4 is 0 Å². The summed E-state index contributed by atoms with van der Waals surface area (Å²) in [5.41, 5.74) is 4.10. The van der Waals surface area contributed by atoms with Crippen LogP contribution < -0.4 is 0 Å². The van der Waals surface area contributed by atoms with Crippen molar-refractivity contribution in [3.63, 3.8) is 0 Å². The first-order valence-corrected chi connectivity index (χ1v) is 17.1. The van der Waals surface area contributed by atoms with Gasteiger partial charge in [0.25, 0.3) is 0 Å². The van der Waals surface area contributed by atoms with E-state index >= 15 is 4.39 Å². The van der Waals surface area contributed by atoms with Gasteiger partial charge in [-0.1, -0.05) is 83.1 Å². The summed E-state index contributed by atoms with van der Waals surface area (Å²) in [6.07, 6.45) is 22.4. The van der Waals surface area contributed by atoms with Crippen molar-refractivity contribution in [3.05, 3.63) is 70.3 Å². The molecular formula is C38H54F2. The van der Waals surface area contributed by atoms with Gasteiger partial charge in [0.2, 0.25) is 0 Å². The molecule has 0 nitrogen and oxygen atoms in total. The molecule has 0 N–H and O–H groups in total. The molecular weight excluding hydrogens is 494 g/mol. The topological polar surface area (TPSA) is 0 Å². The lowest BCUT2D eigenvalue weighted by molar-refractivity contribution is 0.155. The van der Waals surface area contributed by atoms with Crippen molar-refractivity contribution in [1.82, 2.24) is 0 Å². The zero-order valence-electron chi connectivity index (χ0n) is 25.4. The molecule has 2 heteroatoms. The van der Waals surface area contributed by atoms with Gasteiger partial charge in [0.1, 0.15) is 11.6 Å². The van der Waals surface area contributed by atoms with E-state index in [1.54, 1.807) is 6.07 Å². The second-order valence-electron chi connectivity index (χ2n) is 13.8. The van der Waals surface area contributed by atoms with Crippen molar-refractivity contribution in [2.45, 2.75) is 147 Å². The summed E-state index contributed by atoms with van der Waals surface area (Å²) in [5.74, 6) is 4.04. The van der Waals surface area contributed by atoms with E-state index in [0.29, 0.717) is 17.8 Å². The van der Waals surface area contributed by atoms with E-state index in [0.717, 1.165) is 73.0 Å². The van der Waals surface area contributed by atoms with E-state index in [1.807, 2.05) is 12.1 Å². The van der Waals surface area contributed by atoms with Gasteiger partial charge in [-0.05, 0) is 141 Å². The average Bonchev–Trinajstić information content (AvgIpc) is 2.99. The molecule has 40 heavy (non-hydrogen) atoms. The Morgan fingerprint density at radius 1 is 0.575 bits per heavy atom. The Morgan fingerprint density at radius 3 is 1.70 bits per heavy atom. The first-order valence-electron chi connectivity index (χ1n) is 17.1. The van der Waals surface area contributed by atoms with Crippen molar-refractivity contribution in [2.75, 3.05) is 0 Å². The molecule has 2 aromatic rings. The lowest BCUT2D eigenvalue weighted by Gasteiger charge is -2.38. The predicted octanol–water partition coefficient (Wildman–Crippen LogP) is 12.0. The molecule has 0 aromatic heterocycles. The van der Waals surface area contributed by atoms with Gasteiger partial charge in [-0.2, -0.15) is 0 Å². The van der Waals surface area contributed by atoms with Crippen LogP contribution in [0.15, 0.2) is 36.4 Å². The Balaban J connectivity index is 1.09. The maximum atomic E-state index is 15.4. The highest BCUT2D eigenvalue weighted by Gasteiger charge is 2.32. The molecule has 5 rings (SSSR count). The molecule has 3 aliphatic rings. The van der Waals surface area contributed by atoms with E-state index < -0.39 is 0 Å². The van der Waals surface area contributed by atoms with Gasteiger partial charge in [-0.15, -0.1) is 0 Å². The monoisotopic (exact) mass is 548 g/mol. The molecule has 3 aliphatic carbocycles. The summed E-state index contributed by atoms with van der Waals surface area (Å²) in [5, 5.41) is 0. The summed E-state index contributed by atoms with van der Waals surface area (Å²) in [7, 11) is 0. The minimum absolute atomic E-state index is 0.0134. The Labute approximate surface area is 243 Å². The maximum absolute atomic E-state index is 15.4. The fourth-order valence-electron chi connectivity index (χ4n) is 8.71. The minimum atomic E-state index is -0.0534. The van der Waals surface area contributed by atoms with E-state index in [9.17, 15) is 4.39 Å². The Bertz CT molecular complexity index is 1050. The van der Waals surface area contributed by atoms with E-state index in [2.05, 4.69) is 32.0 Å². The first-order chi connectivity index (χ1) is 19.6. The van der Waals surface area contributed by atoms with E-state index in [4.69, 9.17) is 0 Å². The number of hydrogen-bond donors (Lipinski definition) is 0. The van der Waals surface area contributed by atoms with Crippen molar-refractivity contribution in [1.29, 1.82) is 0 Å². The highest BCUT2D eigenvalue weighted by molar-refractivity contribution is 5.32. The Kier molecular flexibility index (Phi) is 10.8. The summed E-state index contributed by atoms with van der Waals surface area (Å²) < 4.78 is 30.0. The second-order valence-corrected chi connectivity index (χ2v) is 13.8. The molecule has 220 valence electrons. The van der Waals surface area contributed by atoms with Crippen LogP contribution in [0.3, 0.4) is 0 Å². The number of halogens is 2. The lowest BCUT2D eigenvalue weighted by atomic mass is 9.68. The standard InChI is InChI=1S/C38H54F2/c1-3-5-6-8-27-9-11-28(12-10-27)29-13-15-30(16-14-29)35-23-24-36(38(40)26-35)32-19-17-31(18-20-32)34-22-21-33(7-4-2)37(39)25-34/h21-32H,3-20H2,1-2H3. The van der Waals surface area contributed by atoms with Gasteiger partial charge in [0.15, 0.2) is 0 Å². The van der Waals surface area contributed by atoms with Crippen molar-refractivity contribution in [3.8, 4) is 0 Å². The van der Waals surface area contributed by atoms with Gasteiger partial charge in [0, 0.05) is 0 Å². The fraction of sp³-hybridized carbons (Fsp3) is 0.684. The van der Waals surface area contributed by atoms with Crippen LogP contribution >= 0.6 is 0 Å². The Morgan fingerprint density at radius 2 is 1.12 bits per heavy atom. The van der Waals surface area contributed by atoms with Crippen LogP contribution in [0.1, 0.15) is 163 Å². The van der Waals surface area contributed by atoms with Crippen LogP contribution in [-0.2, 0) is 6.42 Å². The largest absolute Gasteiger partial charge is 0.207 e. The minimum Gasteiger partial charge on any atom is -0.207 e. The molecule has 0 bridgehead atoms. The molecule has 3 saturated carbocycles. The van der Waals surface area contributed by atoms with E-state index in [1.165, 1.54) is 82.6 Å². The summed E-state index contributed by atoms with van der Waals surface area (Å²) in [6.45, 7) is 4.40. The van der Waals surface area contributed by atoms with Gasteiger partial charge in [-0.3, -0.25) is 0 Å². The van der Waals surface area contributed by atoms with Crippen LogP contribution in [0.4, 0.5) is 8.78 Å². The Hall–Kier alpha value is -1.70. The highest BCUT2D eigenvalue weighted by Crippen LogP contribution is 2.46. The van der Waals surface area contributed by atoms with Crippen LogP contribution in [0.5, 0.6) is 0 Å². The van der Waals surface area contributed by atoms with Gasteiger partial charge < -0.3 is 0 Å². The van der Waals surface area contributed by atoms with Gasteiger partial charge in [-0.25, -0.2) is 8.78 Å². The molecule has 0 radical (unpaired) electrons. The normalized spacial score (nSPS) is 29.4. The van der Waals surface area contributed by atoms with Crippen LogP contribution in [0.25, 0.3) is 0 Å². The second kappa shape index (κ2) is 14.5. The zero-order valence-corrected chi connectivity index (χ0v) is 25.4. The predicted molar refractivity (Wildman–Crippen MR) is 165 cm³/mol. The number of unbranched alkanes of at least 4 members (excludes halogenated alkanes) is 2. The maximum Gasteiger partial charge on any atom is 0.126 e. The quantitative estimate of drug-likeness (QED) is 0.259. The molecule has 0 heterocycles. The number of hydrogen-bond acceptors (Lipinski definition) is 0. The zero-order chi connectivity index (χ0) is 27.9. The summed E-state index contributed by atoms with van der Waals surface area (Å²) in [4.78, 5) is 0.